The third-order valence-electron chi connectivity index (χ3n) is 2.54. The van der Waals surface area contributed by atoms with Crippen LogP contribution >= 0.6 is 0 Å². The van der Waals surface area contributed by atoms with Gasteiger partial charge in [-0.2, -0.15) is 0 Å². The third kappa shape index (κ3) is 3.49. The molecule has 94 valence electrons. The van der Waals surface area contributed by atoms with E-state index in [9.17, 15) is 13.6 Å². The lowest BCUT2D eigenvalue weighted by molar-refractivity contribution is 0.0946. The van der Waals surface area contributed by atoms with Crippen LogP contribution in [0.4, 0.5) is 8.78 Å². The highest BCUT2D eigenvalue weighted by Gasteiger charge is 2.14. The molecule has 0 saturated carbocycles. The molecule has 3 nitrogen and oxygen atoms in total. The highest BCUT2D eigenvalue weighted by Crippen LogP contribution is 2.13. The summed E-state index contributed by atoms with van der Waals surface area (Å²) in [4.78, 5) is 11.6. The third-order valence-corrected chi connectivity index (χ3v) is 2.54. The zero-order valence-electron chi connectivity index (χ0n) is 9.89. The second kappa shape index (κ2) is 5.72. The predicted molar refractivity (Wildman–Crippen MR) is 61.7 cm³/mol. The molecule has 0 fully saturated rings. The number of rotatable bonds is 4. The molecule has 5 heteroatoms. The smallest absolute Gasteiger partial charge is 0.254 e. The number of carbonyl (C=O) groups excluding carboxylic acids is 1. The van der Waals surface area contributed by atoms with Crippen molar-refractivity contribution >= 4 is 5.91 Å². The van der Waals surface area contributed by atoms with Crippen LogP contribution in [0.1, 0.15) is 29.3 Å². The van der Waals surface area contributed by atoms with Crippen LogP contribution in [0.25, 0.3) is 0 Å². The number of hydrogen-bond donors (Lipinski definition) is 2. The van der Waals surface area contributed by atoms with Crippen LogP contribution in [0.15, 0.2) is 12.1 Å². The fourth-order valence-electron chi connectivity index (χ4n) is 1.29. The van der Waals surface area contributed by atoms with Crippen molar-refractivity contribution in [2.45, 2.75) is 26.3 Å². The van der Waals surface area contributed by atoms with Crippen molar-refractivity contribution in [1.29, 1.82) is 0 Å². The Morgan fingerprint density at radius 1 is 1.41 bits per heavy atom. The molecule has 17 heavy (non-hydrogen) atoms. The van der Waals surface area contributed by atoms with Gasteiger partial charge in [-0.3, -0.25) is 4.79 Å². The van der Waals surface area contributed by atoms with E-state index in [2.05, 4.69) is 5.32 Å². The van der Waals surface area contributed by atoms with E-state index in [0.717, 1.165) is 0 Å². The van der Waals surface area contributed by atoms with Gasteiger partial charge in [-0.25, -0.2) is 8.78 Å². The van der Waals surface area contributed by atoms with E-state index in [0.29, 0.717) is 12.5 Å². The van der Waals surface area contributed by atoms with Gasteiger partial charge in [0, 0.05) is 18.7 Å². The van der Waals surface area contributed by atoms with Crippen LogP contribution in [-0.4, -0.2) is 18.5 Å². The molecule has 0 aliphatic carbocycles. The van der Waals surface area contributed by atoms with Crippen molar-refractivity contribution in [1.82, 2.24) is 5.32 Å². The summed E-state index contributed by atoms with van der Waals surface area (Å²) >= 11 is 0. The van der Waals surface area contributed by atoms with Crippen molar-refractivity contribution in [2.75, 3.05) is 6.54 Å². The molecule has 1 amide bonds. The van der Waals surface area contributed by atoms with Crippen LogP contribution in [0, 0.1) is 18.6 Å². The van der Waals surface area contributed by atoms with E-state index in [1.807, 2.05) is 6.92 Å². The maximum absolute atomic E-state index is 13.4. The van der Waals surface area contributed by atoms with Gasteiger partial charge in [0.2, 0.25) is 0 Å². The average molecular weight is 242 g/mol. The first kappa shape index (κ1) is 13.6. The van der Waals surface area contributed by atoms with Gasteiger partial charge in [0.1, 0.15) is 11.6 Å². The molecule has 1 rings (SSSR count). The van der Waals surface area contributed by atoms with E-state index < -0.39 is 17.5 Å². The summed E-state index contributed by atoms with van der Waals surface area (Å²) < 4.78 is 26.4. The Morgan fingerprint density at radius 2 is 2.06 bits per heavy atom. The second-order valence-electron chi connectivity index (χ2n) is 3.96. The molecule has 1 unspecified atom stereocenters. The number of carbonyl (C=O) groups is 1. The van der Waals surface area contributed by atoms with Crippen molar-refractivity contribution in [3.8, 4) is 0 Å². The Labute approximate surface area is 99.0 Å². The summed E-state index contributed by atoms with van der Waals surface area (Å²) in [6.45, 7) is 3.63. The zero-order valence-corrected chi connectivity index (χ0v) is 9.89. The molecule has 0 radical (unpaired) electrons. The Bertz CT molecular complexity index is 421. The summed E-state index contributed by atoms with van der Waals surface area (Å²) in [5, 5.41) is 2.51. The number of nitrogens with two attached hydrogens (primary N) is 1. The lowest BCUT2D eigenvalue weighted by atomic mass is 10.1. The molecule has 0 spiro atoms. The van der Waals surface area contributed by atoms with Gasteiger partial charge >= 0.3 is 0 Å². The summed E-state index contributed by atoms with van der Waals surface area (Å²) in [6, 6.07) is 1.74. The molecular weight excluding hydrogens is 226 g/mol. The van der Waals surface area contributed by atoms with Crippen molar-refractivity contribution < 1.29 is 13.6 Å². The topological polar surface area (TPSA) is 55.1 Å². The fourth-order valence-corrected chi connectivity index (χ4v) is 1.29. The van der Waals surface area contributed by atoms with Gasteiger partial charge in [-0.15, -0.1) is 0 Å². The number of amides is 1. The second-order valence-corrected chi connectivity index (χ2v) is 3.96. The molecule has 0 saturated heterocycles. The quantitative estimate of drug-likeness (QED) is 0.845. The molecule has 1 atom stereocenters. The van der Waals surface area contributed by atoms with E-state index in [1.165, 1.54) is 13.0 Å². The van der Waals surface area contributed by atoms with Crippen LogP contribution in [0.3, 0.4) is 0 Å². The van der Waals surface area contributed by atoms with Crippen molar-refractivity contribution in [2.24, 2.45) is 5.73 Å². The first-order valence-corrected chi connectivity index (χ1v) is 5.45. The van der Waals surface area contributed by atoms with E-state index in [4.69, 9.17) is 5.73 Å². The zero-order chi connectivity index (χ0) is 13.0. The van der Waals surface area contributed by atoms with Crippen molar-refractivity contribution in [3.63, 3.8) is 0 Å². The highest BCUT2D eigenvalue weighted by molar-refractivity contribution is 5.94. The maximum Gasteiger partial charge on any atom is 0.254 e. The predicted octanol–water partition coefficient (Wildman–Crippen LogP) is 1.74. The lowest BCUT2D eigenvalue weighted by Gasteiger charge is -2.11. The highest BCUT2D eigenvalue weighted by atomic mass is 19.1. The molecule has 0 aliphatic heterocycles. The Hall–Kier alpha value is -1.49. The number of aryl methyl sites for hydroxylation is 1. The minimum absolute atomic E-state index is 0.160. The number of halogens is 2. The van der Waals surface area contributed by atoms with Crippen molar-refractivity contribution in [3.05, 3.63) is 34.9 Å². The van der Waals surface area contributed by atoms with E-state index in [1.54, 1.807) is 0 Å². The first-order chi connectivity index (χ1) is 7.95. The lowest BCUT2D eigenvalue weighted by Crippen LogP contribution is -2.37. The van der Waals surface area contributed by atoms with E-state index >= 15 is 0 Å². The largest absolute Gasteiger partial charge is 0.350 e. The van der Waals surface area contributed by atoms with E-state index in [-0.39, 0.29) is 23.7 Å². The molecule has 0 aromatic heterocycles. The molecular formula is C12H16F2N2O. The SMILES string of the molecule is CCC(N)CNC(=O)c1cc(C)c(F)cc1F. The summed E-state index contributed by atoms with van der Waals surface area (Å²) in [6.07, 6.45) is 0.713. The van der Waals surface area contributed by atoms with Crippen LogP contribution < -0.4 is 11.1 Å². The summed E-state index contributed by atoms with van der Waals surface area (Å²) in [5.74, 6) is -2.10. The Kier molecular flexibility index (Phi) is 4.57. The van der Waals surface area contributed by atoms with Crippen LogP contribution in [0.5, 0.6) is 0 Å². The van der Waals surface area contributed by atoms with Crippen LogP contribution in [-0.2, 0) is 0 Å². The normalized spacial score (nSPS) is 12.3. The Balaban J connectivity index is 2.79. The standard InChI is InChI=1S/C12H16F2N2O/c1-3-8(15)6-16-12(17)9-4-7(2)10(13)5-11(9)14/h4-5,8H,3,6,15H2,1-2H3,(H,16,17). The number of hydrogen-bond acceptors (Lipinski definition) is 2. The number of benzene rings is 1. The number of nitrogens with one attached hydrogen (secondary N) is 1. The van der Waals surface area contributed by atoms with Gasteiger partial charge < -0.3 is 11.1 Å². The average Bonchev–Trinajstić information content (AvgIpc) is 2.30. The van der Waals surface area contributed by atoms with Gasteiger partial charge in [0.15, 0.2) is 0 Å². The fraction of sp³-hybridized carbons (Fsp3) is 0.417. The Morgan fingerprint density at radius 3 is 2.65 bits per heavy atom. The minimum Gasteiger partial charge on any atom is -0.350 e. The molecule has 0 aliphatic rings. The molecule has 1 aromatic rings. The summed E-state index contributed by atoms with van der Waals surface area (Å²) in [5.41, 5.74) is 5.70. The molecule has 0 heterocycles. The van der Waals surface area contributed by atoms with Gasteiger partial charge in [0.25, 0.3) is 5.91 Å². The maximum atomic E-state index is 13.4. The molecule has 0 bridgehead atoms. The van der Waals surface area contributed by atoms with Gasteiger partial charge in [0.05, 0.1) is 5.56 Å². The first-order valence-electron chi connectivity index (χ1n) is 5.45. The minimum atomic E-state index is -0.865. The van der Waals surface area contributed by atoms with Crippen LogP contribution in [0.2, 0.25) is 0 Å². The van der Waals surface area contributed by atoms with Gasteiger partial charge in [-0.1, -0.05) is 6.92 Å². The molecule has 1 aromatic carbocycles. The summed E-state index contributed by atoms with van der Waals surface area (Å²) in [7, 11) is 0. The molecule has 3 N–H and O–H groups in total. The van der Waals surface area contributed by atoms with Gasteiger partial charge in [-0.05, 0) is 25.0 Å². The monoisotopic (exact) mass is 242 g/mol.